The van der Waals surface area contributed by atoms with Crippen molar-refractivity contribution in [2.45, 2.75) is 26.4 Å². The minimum atomic E-state index is -0.350. The van der Waals surface area contributed by atoms with Crippen LogP contribution >= 0.6 is 0 Å². The molecule has 0 spiro atoms. The summed E-state index contributed by atoms with van der Waals surface area (Å²) in [5.74, 6) is -0.149. The van der Waals surface area contributed by atoms with E-state index in [-0.39, 0.29) is 30.2 Å². The molecule has 1 aliphatic rings. The van der Waals surface area contributed by atoms with E-state index in [1.165, 1.54) is 4.90 Å². The zero-order valence-electron chi connectivity index (χ0n) is 19.3. The molecule has 0 unspecified atom stereocenters. The molecule has 2 aromatic carbocycles. The first-order valence-electron chi connectivity index (χ1n) is 10.7. The molecule has 0 aromatic heterocycles. The molecule has 0 atom stereocenters. The Hall–Kier alpha value is -3.32. The van der Waals surface area contributed by atoms with Crippen molar-refractivity contribution in [1.29, 1.82) is 0 Å². The molecule has 7 nitrogen and oxygen atoms in total. The van der Waals surface area contributed by atoms with Crippen molar-refractivity contribution in [2.75, 3.05) is 44.6 Å². The van der Waals surface area contributed by atoms with Crippen LogP contribution in [0.1, 0.15) is 25.8 Å². The quantitative estimate of drug-likeness (QED) is 0.451. The van der Waals surface area contributed by atoms with Crippen LogP contribution in [0.5, 0.6) is 5.75 Å². The number of anilines is 2. The van der Waals surface area contributed by atoms with Crippen molar-refractivity contribution in [3.05, 3.63) is 59.8 Å². The smallest absolute Gasteiger partial charge is 0.278 e. The summed E-state index contributed by atoms with van der Waals surface area (Å²) in [4.78, 5) is 29.9. The molecule has 7 heteroatoms. The van der Waals surface area contributed by atoms with Gasteiger partial charge in [-0.3, -0.25) is 14.5 Å². The van der Waals surface area contributed by atoms with Gasteiger partial charge < -0.3 is 19.7 Å². The molecule has 0 saturated carbocycles. The molecule has 1 heterocycles. The van der Waals surface area contributed by atoms with Gasteiger partial charge in [0.25, 0.3) is 11.8 Å². The topological polar surface area (TPSA) is 71.1 Å². The Morgan fingerprint density at radius 2 is 1.69 bits per heavy atom. The van der Waals surface area contributed by atoms with Gasteiger partial charge >= 0.3 is 0 Å². The van der Waals surface area contributed by atoms with Crippen LogP contribution < -0.4 is 15.0 Å². The van der Waals surface area contributed by atoms with Crippen LogP contribution in [0.3, 0.4) is 0 Å². The first-order chi connectivity index (χ1) is 15.3. The van der Waals surface area contributed by atoms with Crippen LogP contribution in [0.4, 0.5) is 11.4 Å². The average Bonchev–Trinajstić information content (AvgIpc) is 3.00. The van der Waals surface area contributed by atoms with Gasteiger partial charge in [-0.1, -0.05) is 18.2 Å². The lowest BCUT2D eigenvalue weighted by Crippen LogP contribution is -2.34. The molecule has 0 radical (unpaired) electrons. The van der Waals surface area contributed by atoms with Crippen LogP contribution in [-0.4, -0.2) is 57.2 Å². The van der Waals surface area contributed by atoms with E-state index in [2.05, 4.69) is 5.32 Å². The molecular weight excluding hydrogens is 406 g/mol. The predicted octanol–water partition coefficient (Wildman–Crippen LogP) is 3.77. The molecule has 0 bridgehead atoms. The van der Waals surface area contributed by atoms with Crippen LogP contribution in [0, 0.1) is 0 Å². The van der Waals surface area contributed by atoms with E-state index >= 15 is 0 Å². The van der Waals surface area contributed by atoms with Crippen molar-refractivity contribution >= 4 is 28.8 Å². The third-order valence-corrected chi connectivity index (χ3v) is 5.17. The number of para-hydroxylation sites is 1. The minimum Gasteiger partial charge on any atom is -0.496 e. The summed E-state index contributed by atoms with van der Waals surface area (Å²) in [7, 11) is 5.48. The van der Waals surface area contributed by atoms with E-state index in [0.29, 0.717) is 29.9 Å². The molecule has 0 fully saturated rings. The Bertz CT molecular complexity index is 997. The number of nitrogens with zero attached hydrogens (tertiary/aromatic N) is 2. The first-order valence-corrected chi connectivity index (χ1v) is 10.7. The summed E-state index contributed by atoms with van der Waals surface area (Å²) in [6.45, 7) is 4.68. The SMILES string of the molecule is COc1ccccc1C1=C(Nc2ccc(N(C)C)cc2)C(=O)N(CCCOC(C)C)C1=O. The Morgan fingerprint density at radius 3 is 2.31 bits per heavy atom. The largest absolute Gasteiger partial charge is 0.496 e. The Kier molecular flexibility index (Phi) is 7.53. The third-order valence-electron chi connectivity index (χ3n) is 5.17. The lowest BCUT2D eigenvalue weighted by Gasteiger charge is -2.16. The van der Waals surface area contributed by atoms with Crippen molar-refractivity contribution in [1.82, 2.24) is 4.90 Å². The lowest BCUT2D eigenvalue weighted by molar-refractivity contribution is -0.137. The van der Waals surface area contributed by atoms with Gasteiger partial charge in [0.2, 0.25) is 0 Å². The Labute approximate surface area is 189 Å². The van der Waals surface area contributed by atoms with Crippen LogP contribution in [0.15, 0.2) is 54.2 Å². The molecule has 0 aliphatic carbocycles. The number of ether oxygens (including phenoxy) is 2. The zero-order valence-corrected chi connectivity index (χ0v) is 19.3. The number of amides is 2. The summed E-state index contributed by atoms with van der Waals surface area (Å²) < 4.78 is 11.0. The second kappa shape index (κ2) is 10.3. The second-order valence-electron chi connectivity index (χ2n) is 8.05. The minimum absolute atomic E-state index is 0.101. The fourth-order valence-corrected chi connectivity index (χ4v) is 3.53. The Balaban J connectivity index is 1.94. The van der Waals surface area contributed by atoms with E-state index in [1.807, 2.05) is 69.2 Å². The Morgan fingerprint density at radius 1 is 1.00 bits per heavy atom. The van der Waals surface area contributed by atoms with Crippen molar-refractivity contribution < 1.29 is 19.1 Å². The molecule has 2 amide bonds. The van der Waals surface area contributed by atoms with Crippen LogP contribution in [0.2, 0.25) is 0 Å². The maximum atomic E-state index is 13.4. The van der Waals surface area contributed by atoms with E-state index in [1.54, 1.807) is 19.2 Å². The average molecular weight is 438 g/mol. The fraction of sp³-hybridized carbons (Fsp3) is 0.360. The van der Waals surface area contributed by atoms with E-state index in [0.717, 1.165) is 11.4 Å². The van der Waals surface area contributed by atoms with Gasteiger partial charge in [0.15, 0.2) is 0 Å². The number of methoxy groups -OCH3 is 1. The molecule has 1 N–H and O–H groups in total. The molecule has 32 heavy (non-hydrogen) atoms. The second-order valence-corrected chi connectivity index (χ2v) is 8.05. The lowest BCUT2D eigenvalue weighted by atomic mass is 10.0. The van der Waals surface area contributed by atoms with E-state index < -0.39 is 0 Å². The van der Waals surface area contributed by atoms with Gasteiger partial charge in [-0.2, -0.15) is 0 Å². The van der Waals surface area contributed by atoms with E-state index in [4.69, 9.17) is 9.47 Å². The zero-order chi connectivity index (χ0) is 23.3. The van der Waals surface area contributed by atoms with Crippen LogP contribution in [-0.2, 0) is 14.3 Å². The maximum absolute atomic E-state index is 13.4. The summed E-state index contributed by atoms with van der Waals surface area (Å²) >= 11 is 0. The van der Waals surface area contributed by atoms with Gasteiger partial charge in [0.05, 0.1) is 18.8 Å². The monoisotopic (exact) mass is 437 g/mol. The molecule has 3 rings (SSSR count). The highest BCUT2D eigenvalue weighted by molar-refractivity contribution is 6.37. The number of imide groups is 1. The van der Waals surface area contributed by atoms with Crippen molar-refractivity contribution in [3.63, 3.8) is 0 Å². The highest BCUT2D eigenvalue weighted by Crippen LogP contribution is 2.35. The van der Waals surface area contributed by atoms with Crippen molar-refractivity contribution in [3.8, 4) is 5.75 Å². The van der Waals surface area contributed by atoms with Gasteiger partial charge in [0.1, 0.15) is 11.4 Å². The van der Waals surface area contributed by atoms with Gasteiger partial charge in [-0.25, -0.2) is 0 Å². The number of hydrogen-bond donors (Lipinski definition) is 1. The summed E-state index contributed by atoms with van der Waals surface area (Å²) in [5, 5.41) is 3.19. The molecule has 170 valence electrons. The first kappa shape index (κ1) is 23.3. The number of rotatable bonds is 10. The standard InChI is InChI=1S/C25H31N3O4/c1-17(2)32-16-8-15-28-24(29)22(20-9-6-7-10-21(20)31-5)23(25(28)30)26-18-11-13-19(14-12-18)27(3)4/h6-7,9-14,17,26H,8,15-16H2,1-5H3. The van der Waals surface area contributed by atoms with Gasteiger partial charge in [-0.05, 0) is 50.6 Å². The summed E-state index contributed by atoms with van der Waals surface area (Å²) in [6, 6.07) is 14.9. The highest BCUT2D eigenvalue weighted by atomic mass is 16.5. The van der Waals surface area contributed by atoms with Crippen molar-refractivity contribution in [2.24, 2.45) is 0 Å². The number of nitrogens with one attached hydrogen (secondary N) is 1. The highest BCUT2D eigenvalue weighted by Gasteiger charge is 2.39. The van der Waals surface area contributed by atoms with E-state index in [9.17, 15) is 9.59 Å². The predicted molar refractivity (Wildman–Crippen MR) is 127 cm³/mol. The normalized spacial score (nSPS) is 13.9. The number of carbonyl (C=O) groups excluding carboxylic acids is 2. The maximum Gasteiger partial charge on any atom is 0.278 e. The number of benzene rings is 2. The third kappa shape index (κ3) is 5.11. The summed E-state index contributed by atoms with van der Waals surface area (Å²) in [6.07, 6.45) is 0.671. The number of hydrogen-bond acceptors (Lipinski definition) is 6. The molecule has 1 aliphatic heterocycles. The number of carbonyl (C=O) groups is 2. The molecular formula is C25H31N3O4. The van der Waals surface area contributed by atoms with Gasteiger partial charge in [-0.15, -0.1) is 0 Å². The molecule has 0 saturated heterocycles. The van der Waals surface area contributed by atoms with Gasteiger partial charge in [0, 0.05) is 44.2 Å². The fourth-order valence-electron chi connectivity index (χ4n) is 3.53. The summed E-state index contributed by atoms with van der Waals surface area (Å²) in [5.41, 5.74) is 2.91. The van der Waals surface area contributed by atoms with Crippen LogP contribution in [0.25, 0.3) is 5.57 Å². The molecule has 2 aromatic rings.